The van der Waals surface area contributed by atoms with Crippen molar-refractivity contribution >= 4 is 6.09 Å². The van der Waals surface area contributed by atoms with Gasteiger partial charge in [-0.1, -0.05) is 38.1 Å². The first kappa shape index (κ1) is 13.5. The highest BCUT2D eigenvalue weighted by molar-refractivity contribution is 5.74. The maximum atomic E-state index is 12.3. The smallest absolute Gasteiger partial charge is 0.411 e. The van der Waals surface area contributed by atoms with Gasteiger partial charge in [0.2, 0.25) is 0 Å². The summed E-state index contributed by atoms with van der Waals surface area (Å²) < 4.78 is 5.84. The lowest BCUT2D eigenvalue weighted by Gasteiger charge is -2.51. The zero-order chi connectivity index (χ0) is 14.8. The van der Waals surface area contributed by atoms with Crippen molar-refractivity contribution in [3.63, 3.8) is 0 Å². The predicted octanol–water partition coefficient (Wildman–Crippen LogP) is 3.81. The molecule has 108 valence electrons. The van der Waals surface area contributed by atoms with Crippen LogP contribution in [-0.4, -0.2) is 23.1 Å². The standard InChI is InChI=1S/C17H23NO2/c1-6-18-14(19)20-16(4)11-15(2,3)12-9-7-8-10-13(12)17(16,18)5/h7-10H,6,11H2,1-5H3/t16-,17+/m0/s1. The van der Waals surface area contributed by atoms with E-state index in [1.807, 2.05) is 11.8 Å². The molecule has 1 saturated heterocycles. The van der Waals surface area contributed by atoms with E-state index in [0.717, 1.165) is 6.42 Å². The van der Waals surface area contributed by atoms with Crippen LogP contribution in [0.2, 0.25) is 0 Å². The van der Waals surface area contributed by atoms with E-state index in [4.69, 9.17) is 4.74 Å². The lowest BCUT2D eigenvalue weighted by molar-refractivity contribution is -0.0286. The average Bonchev–Trinajstić information content (AvgIpc) is 2.56. The van der Waals surface area contributed by atoms with Crippen LogP contribution < -0.4 is 0 Å². The van der Waals surface area contributed by atoms with Gasteiger partial charge in [-0.15, -0.1) is 0 Å². The Balaban J connectivity index is 2.31. The topological polar surface area (TPSA) is 29.5 Å². The van der Waals surface area contributed by atoms with Crippen molar-refractivity contribution < 1.29 is 9.53 Å². The molecule has 3 heteroatoms. The Morgan fingerprint density at radius 2 is 1.75 bits per heavy atom. The number of nitrogens with zero attached hydrogens (tertiary/aromatic N) is 1. The van der Waals surface area contributed by atoms with Crippen LogP contribution in [0.1, 0.15) is 52.2 Å². The van der Waals surface area contributed by atoms with Crippen molar-refractivity contribution in [2.24, 2.45) is 0 Å². The summed E-state index contributed by atoms with van der Waals surface area (Å²) in [6.07, 6.45) is 0.653. The van der Waals surface area contributed by atoms with E-state index in [2.05, 4.69) is 52.0 Å². The van der Waals surface area contributed by atoms with E-state index in [9.17, 15) is 4.79 Å². The number of fused-ring (bicyclic) bond motifs is 3. The lowest BCUT2D eigenvalue weighted by atomic mass is 9.59. The highest BCUT2D eigenvalue weighted by atomic mass is 16.6. The SMILES string of the molecule is CCN1C(=O)O[C@@]2(C)CC(C)(C)c3ccccc3[C@@]12C. The highest BCUT2D eigenvalue weighted by Crippen LogP contribution is 2.57. The van der Waals surface area contributed by atoms with E-state index in [1.165, 1.54) is 11.1 Å². The van der Waals surface area contributed by atoms with E-state index in [-0.39, 0.29) is 17.0 Å². The monoisotopic (exact) mass is 273 g/mol. The van der Waals surface area contributed by atoms with Gasteiger partial charge >= 0.3 is 6.09 Å². The fraction of sp³-hybridized carbons (Fsp3) is 0.588. The lowest BCUT2D eigenvalue weighted by Crippen LogP contribution is -2.58. The molecule has 0 N–H and O–H groups in total. The molecular weight excluding hydrogens is 250 g/mol. The Kier molecular flexibility index (Phi) is 2.54. The van der Waals surface area contributed by atoms with Crippen molar-refractivity contribution in [1.29, 1.82) is 0 Å². The number of rotatable bonds is 1. The van der Waals surface area contributed by atoms with Crippen molar-refractivity contribution in [1.82, 2.24) is 4.90 Å². The molecule has 0 spiro atoms. The predicted molar refractivity (Wildman–Crippen MR) is 78.7 cm³/mol. The minimum atomic E-state index is -0.474. The first-order valence-electron chi connectivity index (χ1n) is 7.37. The molecule has 0 saturated carbocycles. The van der Waals surface area contributed by atoms with Crippen LogP contribution in [0.25, 0.3) is 0 Å². The van der Waals surface area contributed by atoms with Crippen LogP contribution in [0.15, 0.2) is 24.3 Å². The molecule has 1 aromatic carbocycles. The first-order chi connectivity index (χ1) is 9.26. The third-order valence-electron chi connectivity index (χ3n) is 5.38. The average molecular weight is 273 g/mol. The van der Waals surface area contributed by atoms with Crippen LogP contribution in [0.3, 0.4) is 0 Å². The summed E-state index contributed by atoms with van der Waals surface area (Å²) in [6, 6.07) is 8.49. The summed E-state index contributed by atoms with van der Waals surface area (Å²) in [5.41, 5.74) is 1.71. The second-order valence-electron chi connectivity index (χ2n) is 7.02. The fourth-order valence-electron chi connectivity index (χ4n) is 4.34. The largest absolute Gasteiger partial charge is 0.440 e. The van der Waals surface area contributed by atoms with Gasteiger partial charge in [-0.3, -0.25) is 4.90 Å². The summed E-state index contributed by atoms with van der Waals surface area (Å²) in [5.74, 6) is 0. The molecule has 1 fully saturated rings. The van der Waals surface area contributed by atoms with Gasteiger partial charge in [0.15, 0.2) is 0 Å². The van der Waals surface area contributed by atoms with Crippen LogP contribution in [0.5, 0.6) is 0 Å². The Labute approximate surface area is 120 Å². The van der Waals surface area contributed by atoms with Crippen LogP contribution in [0.4, 0.5) is 4.79 Å². The van der Waals surface area contributed by atoms with Gasteiger partial charge < -0.3 is 4.74 Å². The molecule has 1 heterocycles. The maximum absolute atomic E-state index is 12.3. The molecule has 3 nitrogen and oxygen atoms in total. The second-order valence-corrected chi connectivity index (χ2v) is 7.02. The molecule has 1 aliphatic heterocycles. The molecule has 2 atom stereocenters. The zero-order valence-electron chi connectivity index (χ0n) is 13.0. The van der Waals surface area contributed by atoms with E-state index in [1.54, 1.807) is 0 Å². The number of hydrogen-bond acceptors (Lipinski definition) is 2. The van der Waals surface area contributed by atoms with Gasteiger partial charge in [-0.2, -0.15) is 0 Å². The molecule has 0 unspecified atom stereocenters. The Bertz CT molecular complexity index is 580. The van der Waals surface area contributed by atoms with E-state index in [0.29, 0.717) is 6.54 Å². The minimum absolute atomic E-state index is 0.00881. The third-order valence-corrected chi connectivity index (χ3v) is 5.38. The van der Waals surface area contributed by atoms with Crippen LogP contribution in [-0.2, 0) is 15.7 Å². The zero-order valence-corrected chi connectivity index (χ0v) is 13.0. The fourth-order valence-corrected chi connectivity index (χ4v) is 4.34. The highest BCUT2D eigenvalue weighted by Gasteiger charge is 2.65. The van der Waals surface area contributed by atoms with Crippen molar-refractivity contribution in [3.05, 3.63) is 35.4 Å². The number of likely N-dealkylation sites (N-methyl/N-ethyl adjacent to an activating group) is 1. The van der Waals surface area contributed by atoms with Crippen molar-refractivity contribution in [2.75, 3.05) is 6.54 Å². The number of carbonyl (C=O) groups is 1. The minimum Gasteiger partial charge on any atom is -0.440 e. The van der Waals surface area contributed by atoms with Gasteiger partial charge in [0.25, 0.3) is 0 Å². The summed E-state index contributed by atoms with van der Waals surface area (Å²) in [4.78, 5) is 14.2. The summed E-state index contributed by atoms with van der Waals surface area (Å²) in [7, 11) is 0. The maximum Gasteiger partial charge on any atom is 0.411 e. The number of carbonyl (C=O) groups excluding carboxylic acids is 1. The van der Waals surface area contributed by atoms with Gasteiger partial charge in [0.05, 0.1) is 0 Å². The Morgan fingerprint density at radius 1 is 1.15 bits per heavy atom. The van der Waals surface area contributed by atoms with E-state index >= 15 is 0 Å². The molecule has 0 bridgehead atoms. The number of hydrogen-bond donors (Lipinski definition) is 0. The summed E-state index contributed by atoms with van der Waals surface area (Å²) >= 11 is 0. The van der Waals surface area contributed by atoms with Gasteiger partial charge in [0.1, 0.15) is 11.1 Å². The molecule has 1 amide bonds. The molecule has 1 aromatic rings. The number of amides is 1. The van der Waals surface area contributed by atoms with Crippen LogP contribution >= 0.6 is 0 Å². The van der Waals surface area contributed by atoms with Crippen molar-refractivity contribution in [3.8, 4) is 0 Å². The Hall–Kier alpha value is -1.51. The number of ether oxygens (including phenoxy) is 1. The van der Waals surface area contributed by atoms with Gasteiger partial charge in [-0.25, -0.2) is 4.79 Å². The molecule has 2 aliphatic rings. The molecule has 1 aliphatic carbocycles. The summed E-state index contributed by atoms with van der Waals surface area (Å²) in [5, 5.41) is 0. The molecule has 20 heavy (non-hydrogen) atoms. The Morgan fingerprint density at radius 3 is 2.35 bits per heavy atom. The first-order valence-corrected chi connectivity index (χ1v) is 7.37. The van der Waals surface area contributed by atoms with Gasteiger partial charge in [0, 0.05) is 6.54 Å². The van der Waals surface area contributed by atoms with Crippen molar-refractivity contribution in [2.45, 2.75) is 57.6 Å². The normalized spacial score (nSPS) is 34.5. The summed E-state index contributed by atoms with van der Waals surface area (Å²) in [6.45, 7) is 11.4. The molecule has 0 radical (unpaired) electrons. The quantitative estimate of drug-likeness (QED) is 0.778. The van der Waals surface area contributed by atoms with Gasteiger partial charge in [-0.05, 0) is 43.7 Å². The van der Waals surface area contributed by atoms with Crippen LogP contribution in [0, 0.1) is 0 Å². The third kappa shape index (κ3) is 1.38. The molecule has 0 aromatic heterocycles. The second kappa shape index (κ2) is 3.78. The molecular formula is C17H23NO2. The van der Waals surface area contributed by atoms with E-state index < -0.39 is 5.60 Å². The number of benzene rings is 1. The molecule has 3 rings (SSSR count).